The summed E-state index contributed by atoms with van der Waals surface area (Å²) in [6, 6.07) is 6.69. The van der Waals surface area contributed by atoms with Crippen LogP contribution in [0, 0.1) is 5.82 Å². The van der Waals surface area contributed by atoms with E-state index in [1.807, 2.05) is 4.90 Å². The lowest BCUT2D eigenvalue weighted by atomic mass is 10.0. The number of rotatable bonds is 4. The van der Waals surface area contributed by atoms with Gasteiger partial charge >= 0.3 is 0 Å². The Hall–Kier alpha value is -1.42. The lowest BCUT2D eigenvalue weighted by Gasteiger charge is -2.33. The van der Waals surface area contributed by atoms with Crippen LogP contribution >= 0.6 is 0 Å². The van der Waals surface area contributed by atoms with Crippen LogP contribution < -0.4 is 5.32 Å². The Kier molecular flexibility index (Phi) is 4.91. The zero-order valence-corrected chi connectivity index (χ0v) is 11.4. The van der Waals surface area contributed by atoms with E-state index < -0.39 is 0 Å². The number of nitrogens with zero attached hydrogens (tertiary/aromatic N) is 1. The molecule has 0 saturated carbocycles. The number of piperidine rings is 1. The summed E-state index contributed by atoms with van der Waals surface area (Å²) in [5.41, 5.74) is 0.987. The Balaban J connectivity index is 1.75. The van der Waals surface area contributed by atoms with Gasteiger partial charge in [0.1, 0.15) is 5.82 Å². The van der Waals surface area contributed by atoms with Crippen LogP contribution in [0.4, 0.5) is 4.39 Å². The van der Waals surface area contributed by atoms with Crippen LogP contribution in [0.25, 0.3) is 0 Å². The maximum absolute atomic E-state index is 12.7. The molecular weight excluding hydrogens is 243 g/mol. The van der Waals surface area contributed by atoms with Gasteiger partial charge in [0.05, 0.1) is 6.54 Å². The molecule has 1 aliphatic rings. The summed E-state index contributed by atoms with van der Waals surface area (Å²) in [6.07, 6.45) is 3.42. The molecule has 1 fully saturated rings. The summed E-state index contributed by atoms with van der Waals surface area (Å²) >= 11 is 0. The molecule has 3 nitrogen and oxygen atoms in total. The minimum Gasteiger partial charge on any atom is -0.339 e. The van der Waals surface area contributed by atoms with Crippen LogP contribution in [0.15, 0.2) is 24.3 Å². The Labute approximate surface area is 113 Å². The smallest absolute Gasteiger partial charge is 0.236 e. The monoisotopic (exact) mass is 264 g/mol. The number of benzene rings is 1. The van der Waals surface area contributed by atoms with Gasteiger partial charge < -0.3 is 10.2 Å². The zero-order chi connectivity index (χ0) is 13.7. The number of hydrogen-bond acceptors (Lipinski definition) is 2. The first-order valence-corrected chi connectivity index (χ1v) is 6.91. The standard InChI is InChI=1S/C15H21FN2O/c1-12-4-2-3-9-18(12)15(19)11-17-10-13-5-7-14(16)8-6-13/h5-8,12,17H,2-4,9-11H2,1H3/t12-/m0/s1. The highest BCUT2D eigenvalue weighted by molar-refractivity contribution is 5.78. The Morgan fingerprint density at radius 2 is 2.11 bits per heavy atom. The van der Waals surface area contributed by atoms with Crippen LogP contribution in [-0.2, 0) is 11.3 Å². The van der Waals surface area contributed by atoms with E-state index in [4.69, 9.17) is 0 Å². The molecule has 0 aliphatic carbocycles. The van der Waals surface area contributed by atoms with E-state index in [0.29, 0.717) is 19.1 Å². The molecule has 2 rings (SSSR count). The molecule has 0 spiro atoms. The van der Waals surface area contributed by atoms with E-state index in [0.717, 1.165) is 24.9 Å². The predicted molar refractivity (Wildman–Crippen MR) is 73.1 cm³/mol. The molecule has 104 valence electrons. The summed E-state index contributed by atoms with van der Waals surface area (Å²) in [5.74, 6) is -0.0729. The lowest BCUT2D eigenvalue weighted by molar-refractivity contribution is -0.133. The van der Waals surface area contributed by atoms with Gasteiger partial charge in [-0.15, -0.1) is 0 Å². The highest BCUT2D eigenvalue weighted by atomic mass is 19.1. The Morgan fingerprint density at radius 1 is 1.37 bits per heavy atom. The molecule has 0 unspecified atom stereocenters. The molecular formula is C15H21FN2O. The van der Waals surface area contributed by atoms with Crippen LogP contribution in [0.3, 0.4) is 0 Å². The first kappa shape index (κ1) is 14.0. The molecule has 1 saturated heterocycles. The molecule has 19 heavy (non-hydrogen) atoms. The van der Waals surface area contributed by atoms with Crippen molar-refractivity contribution in [2.24, 2.45) is 0 Å². The van der Waals surface area contributed by atoms with Gasteiger partial charge in [0.2, 0.25) is 5.91 Å². The van der Waals surface area contributed by atoms with Gasteiger partial charge in [-0.05, 0) is 43.9 Å². The highest BCUT2D eigenvalue weighted by Gasteiger charge is 2.22. The number of likely N-dealkylation sites (tertiary alicyclic amines) is 1. The van der Waals surface area contributed by atoms with Gasteiger partial charge in [-0.3, -0.25) is 4.79 Å². The number of amides is 1. The topological polar surface area (TPSA) is 32.3 Å². The molecule has 4 heteroatoms. The summed E-state index contributed by atoms with van der Waals surface area (Å²) in [6.45, 7) is 3.92. The van der Waals surface area contributed by atoms with Crippen LogP contribution in [-0.4, -0.2) is 29.9 Å². The second-order valence-electron chi connectivity index (χ2n) is 5.16. The molecule has 1 aromatic rings. The van der Waals surface area contributed by atoms with Crippen molar-refractivity contribution in [1.29, 1.82) is 0 Å². The lowest BCUT2D eigenvalue weighted by Crippen LogP contribution is -2.45. The van der Waals surface area contributed by atoms with E-state index >= 15 is 0 Å². The van der Waals surface area contributed by atoms with Crippen molar-refractivity contribution < 1.29 is 9.18 Å². The van der Waals surface area contributed by atoms with Crippen molar-refractivity contribution in [2.75, 3.05) is 13.1 Å². The normalized spacial score (nSPS) is 19.5. The number of nitrogens with one attached hydrogen (secondary N) is 1. The van der Waals surface area contributed by atoms with Gasteiger partial charge in [-0.1, -0.05) is 12.1 Å². The molecule has 0 aromatic heterocycles. The number of halogens is 1. The first-order valence-electron chi connectivity index (χ1n) is 6.91. The molecule has 1 aliphatic heterocycles. The fourth-order valence-corrected chi connectivity index (χ4v) is 2.49. The number of carbonyl (C=O) groups is 1. The fourth-order valence-electron chi connectivity index (χ4n) is 2.49. The fraction of sp³-hybridized carbons (Fsp3) is 0.533. The third kappa shape index (κ3) is 4.03. The third-order valence-corrected chi connectivity index (χ3v) is 3.64. The van der Waals surface area contributed by atoms with Crippen LogP contribution in [0.1, 0.15) is 31.7 Å². The minimum absolute atomic E-state index is 0.161. The summed E-state index contributed by atoms with van der Waals surface area (Å²) < 4.78 is 12.7. The van der Waals surface area contributed by atoms with Gasteiger partial charge in [0, 0.05) is 19.1 Å². The van der Waals surface area contributed by atoms with Crippen molar-refractivity contribution in [3.63, 3.8) is 0 Å². The van der Waals surface area contributed by atoms with Crippen molar-refractivity contribution in [1.82, 2.24) is 10.2 Å². The van der Waals surface area contributed by atoms with Gasteiger partial charge in [0.25, 0.3) is 0 Å². The molecule has 1 amide bonds. The van der Waals surface area contributed by atoms with E-state index in [1.54, 1.807) is 12.1 Å². The van der Waals surface area contributed by atoms with Crippen molar-refractivity contribution in [3.05, 3.63) is 35.6 Å². The largest absolute Gasteiger partial charge is 0.339 e. The second kappa shape index (κ2) is 6.66. The van der Waals surface area contributed by atoms with Gasteiger partial charge in [-0.2, -0.15) is 0 Å². The number of carbonyl (C=O) groups excluding carboxylic acids is 1. The predicted octanol–water partition coefficient (Wildman–Crippen LogP) is 2.32. The van der Waals surface area contributed by atoms with E-state index in [-0.39, 0.29) is 11.7 Å². The molecule has 1 atom stereocenters. The quantitative estimate of drug-likeness (QED) is 0.905. The average Bonchev–Trinajstić information content (AvgIpc) is 2.41. The van der Waals surface area contributed by atoms with Crippen LogP contribution in [0.2, 0.25) is 0 Å². The first-order chi connectivity index (χ1) is 9.16. The molecule has 1 N–H and O–H groups in total. The third-order valence-electron chi connectivity index (χ3n) is 3.64. The Morgan fingerprint density at radius 3 is 2.79 bits per heavy atom. The highest BCUT2D eigenvalue weighted by Crippen LogP contribution is 2.16. The molecule has 1 aromatic carbocycles. The van der Waals surface area contributed by atoms with Gasteiger partial charge in [-0.25, -0.2) is 4.39 Å². The zero-order valence-electron chi connectivity index (χ0n) is 11.4. The maximum atomic E-state index is 12.7. The molecule has 1 heterocycles. The molecule has 0 radical (unpaired) electrons. The molecule has 0 bridgehead atoms. The van der Waals surface area contributed by atoms with Crippen molar-refractivity contribution >= 4 is 5.91 Å². The number of hydrogen-bond donors (Lipinski definition) is 1. The Bertz CT molecular complexity index is 419. The average molecular weight is 264 g/mol. The van der Waals surface area contributed by atoms with Crippen molar-refractivity contribution in [2.45, 2.75) is 38.8 Å². The van der Waals surface area contributed by atoms with Gasteiger partial charge in [0.15, 0.2) is 0 Å². The summed E-state index contributed by atoms with van der Waals surface area (Å²) in [4.78, 5) is 14.0. The second-order valence-corrected chi connectivity index (χ2v) is 5.16. The van der Waals surface area contributed by atoms with Crippen molar-refractivity contribution in [3.8, 4) is 0 Å². The van der Waals surface area contributed by atoms with E-state index in [2.05, 4.69) is 12.2 Å². The minimum atomic E-state index is -0.234. The van der Waals surface area contributed by atoms with E-state index in [9.17, 15) is 9.18 Å². The maximum Gasteiger partial charge on any atom is 0.236 e. The van der Waals surface area contributed by atoms with Crippen LogP contribution in [0.5, 0.6) is 0 Å². The van der Waals surface area contributed by atoms with E-state index in [1.165, 1.54) is 18.6 Å². The SMILES string of the molecule is C[C@H]1CCCCN1C(=O)CNCc1ccc(F)cc1. The summed E-state index contributed by atoms with van der Waals surface area (Å²) in [5, 5.41) is 3.13. The summed E-state index contributed by atoms with van der Waals surface area (Å²) in [7, 11) is 0.